The maximum atomic E-state index is 12.5. The Morgan fingerprint density at radius 2 is 1.92 bits per heavy atom. The second-order valence-electron chi connectivity index (χ2n) is 6.51. The number of rotatable bonds is 4. The molecule has 1 aliphatic rings. The van der Waals surface area contributed by atoms with Crippen molar-refractivity contribution in [3.05, 3.63) is 71.8 Å². The first-order chi connectivity index (χ1) is 12.5. The normalized spacial score (nSPS) is 15.7. The third-order valence-corrected chi connectivity index (χ3v) is 4.78. The van der Waals surface area contributed by atoms with Gasteiger partial charge in [0.1, 0.15) is 5.75 Å². The number of nitrogens with zero attached hydrogens (tertiary/aromatic N) is 1. The van der Waals surface area contributed by atoms with Crippen molar-refractivity contribution < 1.29 is 14.7 Å². The number of phenols is 1. The zero-order valence-electron chi connectivity index (χ0n) is 14.7. The van der Waals surface area contributed by atoms with Crippen molar-refractivity contribution in [2.75, 3.05) is 11.9 Å². The summed E-state index contributed by atoms with van der Waals surface area (Å²) in [5.74, 6) is -0.0400. The number of hydrogen-bond acceptors (Lipinski definition) is 3. The number of anilines is 1. The standard InChI is InChI=1S/C21H22N2O3/c1-3-20(25)23(2)18-9-5-14(6-10-18)21(26)22-17-8-4-16-13-19(24)11-7-15(16)12-17/h3,5-7,9-11,13,17,24H,1,4,8,12H2,2H3,(H,22,26). The lowest BCUT2D eigenvalue weighted by molar-refractivity contribution is -0.113. The molecule has 5 heteroatoms. The minimum Gasteiger partial charge on any atom is -0.508 e. The Labute approximate surface area is 153 Å². The van der Waals surface area contributed by atoms with Crippen LogP contribution in [0, 0.1) is 0 Å². The summed E-state index contributed by atoms with van der Waals surface area (Å²) < 4.78 is 0. The van der Waals surface area contributed by atoms with Crippen LogP contribution in [0.1, 0.15) is 27.9 Å². The number of phenolic OH excluding ortho intramolecular Hbond substituents is 1. The quantitative estimate of drug-likeness (QED) is 0.833. The van der Waals surface area contributed by atoms with Gasteiger partial charge in [-0.05, 0) is 72.9 Å². The highest BCUT2D eigenvalue weighted by atomic mass is 16.3. The molecule has 0 aromatic heterocycles. The monoisotopic (exact) mass is 350 g/mol. The van der Waals surface area contributed by atoms with E-state index in [1.165, 1.54) is 16.5 Å². The Balaban J connectivity index is 1.64. The van der Waals surface area contributed by atoms with Gasteiger partial charge in [-0.1, -0.05) is 12.6 Å². The van der Waals surface area contributed by atoms with Gasteiger partial charge in [-0.2, -0.15) is 0 Å². The summed E-state index contributed by atoms with van der Waals surface area (Å²) in [6, 6.07) is 12.4. The smallest absolute Gasteiger partial charge is 0.251 e. The van der Waals surface area contributed by atoms with Crippen molar-refractivity contribution in [2.24, 2.45) is 0 Å². The Bertz CT molecular complexity index is 843. The summed E-state index contributed by atoms with van der Waals surface area (Å²) in [6.07, 6.45) is 3.69. The van der Waals surface area contributed by atoms with Crippen LogP contribution in [0.25, 0.3) is 0 Å². The molecule has 0 saturated carbocycles. The van der Waals surface area contributed by atoms with Crippen LogP contribution in [0.15, 0.2) is 55.1 Å². The summed E-state index contributed by atoms with van der Waals surface area (Å²) in [5, 5.41) is 12.6. The molecular formula is C21H22N2O3. The Hall–Kier alpha value is -3.08. The summed E-state index contributed by atoms with van der Waals surface area (Å²) in [4.78, 5) is 25.6. The Kier molecular flexibility index (Phi) is 5.07. The molecule has 0 aliphatic heterocycles. The van der Waals surface area contributed by atoms with Gasteiger partial charge in [0.15, 0.2) is 0 Å². The molecule has 0 saturated heterocycles. The van der Waals surface area contributed by atoms with Crippen LogP contribution >= 0.6 is 0 Å². The molecule has 0 radical (unpaired) electrons. The number of likely N-dealkylation sites (N-methyl/N-ethyl adjacent to an activating group) is 1. The molecule has 0 fully saturated rings. The molecular weight excluding hydrogens is 328 g/mol. The van der Waals surface area contributed by atoms with Crippen LogP contribution in [0.4, 0.5) is 5.69 Å². The van der Waals surface area contributed by atoms with Gasteiger partial charge in [0.25, 0.3) is 5.91 Å². The minimum absolute atomic E-state index is 0.0734. The lowest BCUT2D eigenvalue weighted by atomic mass is 9.88. The van der Waals surface area contributed by atoms with E-state index in [1.54, 1.807) is 43.4 Å². The largest absolute Gasteiger partial charge is 0.508 e. The predicted molar refractivity (Wildman–Crippen MR) is 101 cm³/mol. The highest BCUT2D eigenvalue weighted by Crippen LogP contribution is 2.25. The minimum atomic E-state index is -0.200. The SMILES string of the molecule is C=CC(=O)N(C)c1ccc(C(=O)NC2CCc3cc(O)ccc3C2)cc1. The molecule has 3 rings (SSSR count). The summed E-state index contributed by atoms with van der Waals surface area (Å²) in [7, 11) is 1.66. The van der Waals surface area contributed by atoms with E-state index in [0.717, 1.165) is 24.8 Å². The molecule has 2 amide bonds. The zero-order chi connectivity index (χ0) is 18.7. The van der Waals surface area contributed by atoms with E-state index in [0.29, 0.717) is 11.3 Å². The summed E-state index contributed by atoms with van der Waals surface area (Å²) in [5.41, 5.74) is 3.58. The van der Waals surface area contributed by atoms with E-state index in [2.05, 4.69) is 11.9 Å². The number of aryl methyl sites for hydroxylation is 1. The van der Waals surface area contributed by atoms with Gasteiger partial charge in [0, 0.05) is 24.3 Å². The first kappa shape index (κ1) is 17.7. The highest BCUT2D eigenvalue weighted by Gasteiger charge is 2.21. The van der Waals surface area contributed by atoms with Gasteiger partial charge in [-0.25, -0.2) is 0 Å². The molecule has 26 heavy (non-hydrogen) atoms. The van der Waals surface area contributed by atoms with E-state index < -0.39 is 0 Å². The van der Waals surface area contributed by atoms with Gasteiger partial charge >= 0.3 is 0 Å². The molecule has 1 atom stereocenters. The van der Waals surface area contributed by atoms with E-state index in [9.17, 15) is 14.7 Å². The molecule has 0 heterocycles. The van der Waals surface area contributed by atoms with Crippen molar-refractivity contribution in [3.8, 4) is 5.75 Å². The Morgan fingerprint density at radius 3 is 2.62 bits per heavy atom. The van der Waals surface area contributed by atoms with E-state index >= 15 is 0 Å². The number of aromatic hydroxyl groups is 1. The molecule has 2 N–H and O–H groups in total. The van der Waals surface area contributed by atoms with E-state index in [1.807, 2.05) is 6.07 Å². The van der Waals surface area contributed by atoms with Gasteiger partial charge in [0.05, 0.1) is 0 Å². The first-order valence-electron chi connectivity index (χ1n) is 8.59. The van der Waals surface area contributed by atoms with Gasteiger partial charge < -0.3 is 15.3 Å². The topological polar surface area (TPSA) is 69.6 Å². The molecule has 0 spiro atoms. The molecule has 2 aromatic rings. The third kappa shape index (κ3) is 3.77. The maximum Gasteiger partial charge on any atom is 0.251 e. The molecule has 5 nitrogen and oxygen atoms in total. The van der Waals surface area contributed by atoms with E-state index in [4.69, 9.17) is 0 Å². The average molecular weight is 350 g/mol. The Morgan fingerprint density at radius 1 is 1.19 bits per heavy atom. The van der Waals surface area contributed by atoms with Gasteiger partial charge in [0.2, 0.25) is 5.91 Å². The van der Waals surface area contributed by atoms with Crippen LogP contribution in [-0.4, -0.2) is 30.0 Å². The average Bonchev–Trinajstić information content (AvgIpc) is 2.67. The van der Waals surface area contributed by atoms with Crippen LogP contribution in [0.5, 0.6) is 5.75 Å². The first-order valence-corrected chi connectivity index (χ1v) is 8.59. The van der Waals surface area contributed by atoms with Crippen LogP contribution < -0.4 is 10.2 Å². The molecule has 1 aliphatic carbocycles. The molecule has 0 bridgehead atoms. The van der Waals surface area contributed by atoms with Crippen LogP contribution in [0.2, 0.25) is 0 Å². The van der Waals surface area contributed by atoms with Crippen molar-refractivity contribution >= 4 is 17.5 Å². The number of carbonyl (C=O) groups excluding carboxylic acids is 2. The molecule has 2 aromatic carbocycles. The number of hydrogen-bond donors (Lipinski definition) is 2. The predicted octanol–water partition coefficient (Wildman–Crippen LogP) is 2.83. The zero-order valence-corrected chi connectivity index (χ0v) is 14.7. The second-order valence-corrected chi connectivity index (χ2v) is 6.51. The fraction of sp³-hybridized carbons (Fsp3) is 0.238. The van der Waals surface area contributed by atoms with Gasteiger partial charge in [-0.3, -0.25) is 9.59 Å². The van der Waals surface area contributed by atoms with Crippen LogP contribution in [-0.2, 0) is 17.6 Å². The second kappa shape index (κ2) is 7.44. The van der Waals surface area contributed by atoms with Crippen LogP contribution in [0.3, 0.4) is 0 Å². The number of benzene rings is 2. The fourth-order valence-electron chi connectivity index (χ4n) is 3.23. The van der Waals surface area contributed by atoms with Crippen molar-refractivity contribution in [1.29, 1.82) is 0 Å². The van der Waals surface area contributed by atoms with Gasteiger partial charge in [-0.15, -0.1) is 0 Å². The summed E-state index contributed by atoms with van der Waals surface area (Å²) >= 11 is 0. The van der Waals surface area contributed by atoms with Crippen molar-refractivity contribution in [1.82, 2.24) is 5.32 Å². The third-order valence-electron chi connectivity index (χ3n) is 4.78. The lowest BCUT2D eigenvalue weighted by Gasteiger charge is -2.25. The number of amides is 2. The highest BCUT2D eigenvalue weighted by molar-refractivity contribution is 6.01. The molecule has 134 valence electrons. The lowest BCUT2D eigenvalue weighted by Crippen LogP contribution is -2.38. The number of nitrogens with one attached hydrogen (secondary N) is 1. The summed E-state index contributed by atoms with van der Waals surface area (Å²) in [6.45, 7) is 3.47. The number of carbonyl (C=O) groups is 2. The number of fused-ring (bicyclic) bond motifs is 1. The van der Waals surface area contributed by atoms with Crippen molar-refractivity contribution in [3.63, 3.8) is 0 Å². The fourth-order valence-corrected chi connectivity index (χ4v) is 3.23. The van der Waals surface area contributed by atoms with E-state index in [-0.39, 0.29) is 23.6 Å². The maximum absolute atomic E-state index is 12.5. The van der Waals surface area contributed by atoms with Crippen molar-refractivity contribution in [2.45, 2.75) is 25.3 Å². The molecule has 1 unspecified atom stereocenters.